The van der Waals surface area contributed by atoms with Gasteiger partial charge in [-0.3, -0.25) is 9.69 Å². The van der Waals surface area contributed by atoms with Crippen LogP contribution in [0.5, 0.6) is 11.8 Å². The van der Waals surface area contributed by atoms with Gasteiger partial charge in [-0.15, -0.1) is 0 Å². The number of nitrogens with zero attached hydrogens (tertiary/aromatic N) is 4. The van der Waals surface area contributed by atoms with Gasteiger partial charge in [0.15, 0.2) is 0 Å². The Bertz CT molecular complexity index is 1350. The third kappa shape index (κ3) is 3.52. The maximum atomic E-state index is 14.6. The summed E-state index contributed by atoms with van der Waals surface area (Å²) in [5.74, 6) is -0.682. The number of benzene rings is 2. The van der Waals surface area contributed by atoms with Crippen LogP contribution in [0.15, 0.2) is 30.5 Å². The van der Waals surface area contributed by atoms with Gasteiger partial charge in [-0.1, -0.05) is 13.0 Å². The highest BCUT2D eigenvalue weighted by Crippen LogP contribution is 2.41. The fourth-order valence-electron chi connectivity index (χ4n) is 6.01. The predicted octanol–water partition coefficient (Wildman–Crippen LogP) is 4.15. The van der Waals surface area contributed by atoms with E-state index in [1.54, 1.807) is 12.1 Å². The first-order chi connectivity index (χ1) is 16.9. The smallest absolute Gasteiger partial charge is 0.316 e. The molecule has 2 saturated heterocycles. The number of aromatic hydroxyl groups is 1. The normalized spacial score (nSPS) is 23.8. The molecule has 182 valence electrons. The van der Waals surface area contributed by atoms with Gasteiger partial charge in [0.05, 0.1) is 29.0 Å². The third-order valence-electron chi connectivity index (χ3n) is 7.64. The van der Waals surface area contributed by atoms with Gasteiger partial charge in [0, 0.05) is 30.6 Å². The van der Waals surface area contributed by atoms with E-state index in [-0.39, 0.29) is 35.6 Å². The highest BCUT2D eigenvalue weighted by Gasteiger charge is 2.49. The standard InChI is InChI=1S/C26H26F2N4O3/c1-2-18-20(28)5-4-15-8-17(33)9-22(23(15)18)32-13-21-19(24(32)34)11-29-25(30-21)35-14-26-6-3-7-31(26)12-16(27)10-26/h4-5,8-9,11,16,33H,2-3,6-7,10,12-14H2,1H3. The molecule has 6 rings (SSSR count). The summed E-state index contributed by atoms with van der Waals surface area (Å²) >= 11 is 0. The van der Waals surface area contributed by atoms with Crippen LogP contribution in [0.3, 0.4) is 0 Å². The van der Waals surface area contributed by atoms with E-state index in [9.17, 15) is 18.7 Å². The van der Waals surface area contributed by atoms with Crippen LogP contribution in [0.4, 0.5) is 14.5 Å². The number of rotatable bonds is 5. The van der Waals surface area contributed by atoms with E-state index in [1.165, 1.54) is 23.2 Å². The van der Waals surface area contributed by atoms with Gasteiger partial charge in [-0.05, 0) is 48.9 Å². The van der Waals surface area contributed by atoms with Crippen LogP contribution in [-0.2, 0) is 13.0 Å². The van der Waals surface area contributed by atoms with Gasteiger partial charge in [0.2, 0.25) is 0 Å². The van der Waals surface area contributed by atoms with Crippen molar-refractivity contribution in [2.24, 2.45) is 0 Å². The van der Waals surface area contributed by atoms with Crippen LogP contribution in [0.2, 0.25) is 0 Å². The van der Waals surface area contributed by atoms with E-state index in [4.69, 9.17) is 4.74 Å². The highest BCUT2D eigenvalue weighted by molar-refractivity contribution is 6.14. The van der Waals surface area contributed by atoms with Crippen LogP contribution in [0.1, 0.15) is 47.8 Å². The zero-order valence-electron chi connectivity index (χ0n) is 19.4. The number of ether oxygens (including phenoxy) is 1. The Labute approximate surface area is 201 Å². The van der Waals surface area contributed by atoms with Crippen LogP contribution >= 0.6 is 0 Å². The van der Waals surface area contributed by atoms with E-state index < -0.39 is 6.17 Å². The number of carbonyl (C=O) groups is 1. The van der Waals surface area contributed by atoms with Gasteiger partial charge < -0.3 is 14.7 Å². The Morgan fingerprint density at radius 2 is 2.17 bits per heavy atom. The van der Waals surface area contributed by atoms with Crippen molar-refractivity contribution in [2.75, 3.05) is 24.6 Å². The highest BCUT2D eigenvalue weighted by atomic mass is 19.1. The summed E-state index contributed by atoms with van der Waals surface area (Å²) in [5, 5.41) is 11.6. The molecule has 35 heavy (non-hydrogen) atoms. The summed E-state index contributed by atoms with van der Waals surface area (Å²) in [5.41, 5.74) is 1.45. The molecule has 1 aromatic heterocycles. The van der Waals surface area contributed by atoms with Crippen molar-refractivity contribution >= 4 is 22.4 Å². The lowest BCUT2D eigenvalue weighted by Crippen LogP contribution is -2.43. The molecule has 4 heterocycles. The Hall–Kier alpha value is -3.33. The molecule has 0 bridgehead atoms. The molecule has 0 aliphatic carbocycles. The lowest BCUT2D eigenvalue weighted by molar-refractivity contribution is 0.0995. The summed E-state index contributed by atoms with van der Waals surface area (Å²) in [6.07, 6.45) is 3.38. The first-order valence-corrected chi connectivity index (χ1v) is 12.0. The molecule has 2 fully saturated rings. The Morgan fingerprint density at radius 3 is 3.00 bits per heavy atom. The van der Waals surface area contributed by atoms with Crippen LogP contribution in [0.25, 0.3) is 10.8 Å². The maximum absolute atomic E-state index is 14.6. The lowest BCUT2D eigenvalue weighted by Gasteiger charge is -2.30. The minimum Gasteiger partial charge on any atom is -0.508 e. The molecule has 3 aliphatic heterocycles. The van der Waals surface area contributed by atoms with E-state index in [0.717, 1.165) is 19.4 Å². The zero-order chi connectivity index (χ0) is 24.3. The molecule has 0 radical (unpaired) electrons. The number of alkyl halides is 1. The minimum absolute atomic E-state index is 0.0110. The van der Waals surface area contributed by atoms with E-state index in [2.05, 4.69) is 14.9 Å². The molecule has 2 atom stereocenters. The van der Waals surface area contributed by atoms with Gasteiger partial charge in [0.1, 0.15) is 24.3 Å². The Balaban J connectivity index is 1.30. The number of aromatic nitrogens is 2. The number of amides is 1. The van der Waals surface area contributed by atoms with Crippen molar-refractivity contribution < 1.29 is 23.4 Å². The molecule has 9 heteroatoms. The topological polar surface area (TPSA) is 78.8 Å². The third-order valence-corrected chi connectivity index (χ3v) is 7.64. The van der Waals surface area contributed by atoms with E-state index in [1.807, 2.05) is 6.92 Å². The first kappa shape index (κ1) is 22.2. The molecule has 1 amide bonds. The van der Waals surface area contributed by atoms with E-state index >= 15 is 0 Å². The van der Waals surface area contributed by atoms with Crippen molar-refractivity contribution in [3.05, 3.63) is 53.1 Å². The number of hydrogen-bond acceptors (Lipinski definition) is 6. The van der Waals surface area contributed by atoms with Gasteiger partial charge in [-0.2, -0.15) is 4.98 Å². The number of fused-ring (bicyclic) bond motifs is 3. The summed E-state index contributed by atoms with van der Waals surface area (Å²) in [4.78, 5) is 25.7. The summed E-state index contributed by atoms with van der Waals surface area (Å²) < 4.78 is 34.6. The van der Waals surface area contributed by atoms with Crippen LogP contribution < -0.4 is 9.64 Å². The van der Waals surface area contributed by atoms with Crippen molar-refractivity contribution in [1.82, 2.24) is 14.9 Å². The predicted molar refractivity (Wildman–Crippen MR) is 126 cm³/mol. The molecular formula is C26H26F2N4O3. The minimum atomic E-state index is -0.846. The molecule has 0 spiro atoms. The van der Waals surface area contributed by atoms with Crippen LogP contribution in [-0.4, -0.2) is 57.3 Å². The molecule has 3 aliphatic rings. The summed E-state index contributed by atoms with van der Waals surface area (Å²) in [6, 6.07) is 6.18. The van der Waals surface area contributed by atoms with Crippen LogP contribution in [0, 0.1) is 5.82 Å². The molecule has 2 aromatic carbocycles. The molecule has 3 aromatic rings. The average Bonchev–Trinajstić information content (AvgIpc) is 3.47. The quantitative estimate of drug-likeness (QED) is 0.591. The summed E-state index contributed by atoms with van der Waals surface area (Å²) in [7, 11) is 0. The zero-order valence-corrected chi connectivity index (χ0v) is 19.4. The van der Waals surface area contributed by atoms with Crippen molar-refractivity contribution in [2.45, 2.75) is 50.9 Å². The van der Waals surface area contributed by atoms with Gasteiger partial charge >= 0.3 is 6.01 Å². The fraction of sp³-hybridized carbons (Fsp3) is 0.423. The largest absolute Gasteiger partial charge is 0.508 e. The first-order valence-electron chi connectivity index (χ1n) is 12.0. The monoisotopic (exact) mass is 480 g/mol. The second kappa shape index (κ2) is 8.12. The number of anilines is 1. The lowest BCUT2D eigenvalue weighted by atomic mass is 9.95. The molecular weight excluding hydrogens is 454 g/mol. The second-order valence-corrected chi connectivity index (χ2v) is 9.71. The second-order valence-electron chi connectivity index (χ2n) is 9.71. The molecule has 0 saturated carbocycles. The Morgan fingerprint density at radius 1 is 1.31 bits per heavy atom. The summed E-state index contributed by atoms with van der Waals surface area (Å²) in [6.45, 7) is 3.62. The molecule has 1 N–H and O–H groups in total. The number of carbonyl (C=O) groups excluding carboxylic acids is 1. The van der Waals surface area contributed by atoms with Crippen molar-refractivity contribution in [3.63, 3.8) is 0 Å². The number of hydrogen-bond donors (Lipinski definition) is 1. The fourth-order valence-corrected chi connectivity index (χ4v) is 6.01. The average molecular weight is 481 g/mol. The number of aryl methyl sites for hydroxylation is 1. The molecule has 2 unspecified atom stereocenters. The van der Waals surface area contributed by atoms with Gasteiger partial charge in [-0.25, -0.2) is 13.8 Å². The van der Waals surface area contributed by atoms with Gasteiger partial charge in [0.25, 0.3) is 5.91 Å². The number of halogens is 2. The SMILES string of the molecule is CCc1c(F)ccc2cc(O)cc(N3Cc4nc(OCC56CCCN5CC(F)C6)ncc4C3=O)c12. The Kier molecular flexibility index (Phi) is 5.14. The van der Waals surface area contributed by atoms with Crippen molar-refractivity contribution in [3.8, 4) is 11.8 Å². The maximum Gasteiger partial charge on any atom is 0.316 e. The van der Waals surface area contributed by atoms with E-state index in [0.29, 0.717) is 59.3 Å². The van der Waals surface area contributed by atoms with Crippen molar-refractivity contribution in [1.29, 1.82) is 0 Å². The molecule has 7 nitrogen and oxygen atoms in total. The number of phenolic OH excluding ortho intramolecular Hbond substituents is 1. The number of phenols is 1.